The number of amides is 1. The molecule has 0 fully saturated rings. The van der Waals surface area contributed by atoms with Crippen LogP contribution in [0.4, 0.5) is 0 Å². The van der Waals surface area contributed by atoms with Gasteiger partial charge in [-0.2, -0.15) is 0 Å². The second-order valence-electron chi connectivity index (χ2n) is 4.69. The van der Waals surface area contributed by atoms with Crippen LogP contribution in [-0.4, -0.2) is 25.7 Å². The summed E-state index contributed by atoms with van der Waals surface area (Å²) in [5, 5.41) is 3.35. The SMILES string of the molecule is CCCc1ccc(C(C)NCCOCC(N)=O)cc1. The molecular weight excluding hydrogens is 240 g/mol. The Bertz CT molecular complexity index is 376. The van der Waals surface area contributed by atoms with E-state index in [1.165, 1.54) is 17.5 Å². The van der Waals surface area contributed by atoms with Gasteiger partial charge in [0.05, 0.1) is 6.61 Å². The van der Waals surface area contributed by atoms with Gasteiger partial charge in [0.1, 0.15) is 6.61 Å². The molecule has 1 amide bonds. The van der Waals surface area contributed by atoms with Crippen LogP contribution in [0.15, 0.2) is 24.3 Å². The van der Waals surface area contributed by atoms with E-state index in [0.29, 0.717) is 13.2 Å². The maximum atomic E-state index is 10.5. The molecule has 19 heavy (non-hydrogen) atoms. The Morgan fingerprint density at radius 1 is 1.37 bits per heavy atom. The van der Waals surface area contributed by atoms with Crippen LogP contribution in [-0.2, 0) is 16.0 Å². The fraction of sp³-hybridized carbons (Fsp3) is 0.533. The molecule has 0 saturated heterocycles. The Hall–Kier alpha value is -1.39. The van der Waals surface area contributed by atoms with Gasteiger partial charge in [0.15, 0.2) is 0 Å². The van der Waals surface area contributed by atoms with Gasteiger partial charge in [-0.3, -0.25) is 4.79 Å². The molecule has 3 N–H and O–H groups in total. The summed E-state index contributed by atoms with van der Waals surface area (Å²) in [6, 6.07) is 8.95. The molecule has 4 nitrogen and oxygen atoms in total. The number of benzene rings is 1. The fourth-order valence-corrected chi connectivity index (χ4v) is 1.90. The first kappa shape index (κ1) is 15.7. The Labute approximate surface area is 115 Å². The Morgan fingerprint density at radius 3 is 2.63 bits per heavy atom. The predicted molar refractivity (Wildman–Crippen MR) is 76.9 cm³/mol. The lowest BCUT2D eigenvalue weighted by Gasteiger charge is -2.14. The Kier molecular flexibility index (Phi) is 7.15. The van der Waals surface area contributed by atoms with E-state index in [0.717, 1.165) is 6.42 Å². The summed E-state index contributed by atoms with van der Waals surface area (Å²) >= 11 is 0. The average Bonchev–Trinajstić information content (AvgIpc) is 2.39. The van der Waals surface area contributed by atoms with Crippen molar-refractivity contribution in [3.8, 4) is 0 Å². The fourth-order valence-electron chi connectivity index (χ4n) is 1.90. The lowest BCUT2D eigenvalue weighted by atomic mass is 10.0. The zero-order chi connectivity index (χ0) is 14.1. The molecule has 0 radical (unpaired) electrons. The van der Waals surface area contributed by atoms with Gasteiger partial charge < -0.3 is 15.8 Å². The van der Waals surface area contributed by atoms with E-state index in [-0.39, 0.29) is 12.6 Å². The highest BCUT2D eigenvalue weighted by Gasteiger charge is 2.04. The summed E-state index contributed by atoms with van der Waals surface area (Å²) in [5.74, 6) is -0.431. The van der Waals surface area contributed by atoms with E-state index in [4.69, 9.17) is 10.5 Å². The summed E-state index contributed by atoms with van der Waals surface area (Å²) in [6.07, 6.45) is 2.30. The van der Waals surface area contributed by atoms with Crippen molar-refractivity contribution in [2.75, 3.05) is 19.8 Å². The molecule has 0 aromatic heterocycles. The van der Waals surface area contributed by atoms with Gasteiger partial charge in [-0.15, -0.1) is 0 Å². The number of aryl methyl sites for hydroxylation is 1. The molecule has 1 aromatic rings. The number of hydrogen-bond donors (Lipinski definition) is 2. The first-order chi connectivity index (χ1) is 9.13. The quantitative estimate of drug-likeness (QED) is 0.668. The molecule has 0 heterocycles. The first-order valence-corrected chi connectivity index (χ1v) is 6.81. The number of rotatable bonds is 9. The second kappa shape index (κ2) is 8.67. The topological polar surface area (TPSA) is 64.3 Å². The first-order valence-electron chi connectivity index (χ1n) is 6.81. The van der Waals surface area contributed by atoms with Crippen molar-refractivity contribution in [2.24, 2.45) is 5.73 Å². The van der Waals surface area contributed by atoms with E-state index in [1.807, 2.05) is 0 Å². The number of nitrogens with two attached hydrogens (primary N) is 1. The van der Waals surface area contributed by atoms with E-state index < -0.39 is 5.91 Å². The molecule has 1 atom stereocenters. The molecule has 0 aliphatic carbocycles. The van der Waals surface area contributed by atoms with Crippen molar-refractivity contribution < 1.29 is 9.53 Å². The third-order valence-electron chi connectivity index (χ3n) is 2.96. The zero-order valence-corrected chi connectivity index (χ0v) is 11.8. The van der Waals surface area contributed by atoms with Gasteiger partial charge in [-0.05, 0) is 24.5 Å². The van der Waals surface area contributed by atoms with Crippen LogP contribution in [0.25, 0.3) is 0 Å². The molecular formula is C15H24N2O2. The third-order valence-corrected chi connectivity index (χ3v) is 2.96. The highest BCUT2D eigenvalue weighted by atomic mass is 16.5. The van der Waals surface area contributed by atoms with Crippen LogP contribution in [0.2, 0.25) is 0 Å². The number of ether oxygens (including phenoxy) is 1. The maximum absolute atomic E-state index is 10.5. The molecule has 1 unspecified atom stereocenters. The lowest BCUT2D eigenvalue weighted by Crippen LogP contribution is -2.25. The van der Waals surface area contributed by atoms with Gasteiger partial charge in [-0.1, -0.05) is 37.6 Å². The molecule has 0 saturated carbocycles. The van der Waals surface area contributed by atoms with Gasteiger partial charge in [0.25, 0.3) is 0 Å². The molecule has 1 rings (SSSR count). The van der Waals surface area contributed by atoms with Crippen LogP contribution < -0.4 is 11.1 Å². The molecule has 4 heteroatoms. The number of hydrogen-bond acceptors (Lipinski definition) is 3. The summed E-state index contributed by atoms with van der Waals surface area (Å²) in [5.41, 5.74) is 7.62. The van der Waals surface area contributed by atoms with E-state index in [9.17, 15) is 4.79 Å². The molecule has 0 aliphatic heterocycles. The van der Waals surface area contributed by atoms with Crippen molar-refractivity contribution in [2.45, 2.75) is 32.7 Å². The smallest absolute Gasteiger partial charge is 0.243 e. The normalized spacial score (nSPS) is 12.3. The average molecular weight is 264 g/mol. The standard InChI is InChI=1S/C15H24N2O2/c1-3-4-13-5-7-14(8-6-13)12(2)17-9-10-19-11-15(16)18/h5-8,12,17H,3-4,9-11H2,1-2H3,(H2,16,18). The molecule has 0 spiro atoms. The molecule has 1 aromatic carbocycles. The minimum atomic E-state index is -0.431. The van der Waals surface area contributed by atoms with E-state index in [2.05, 4.69) is 43.4 Å². The molecule has 106 valence electrons. The van der Waals surface area contributed by atoms with Crippen LogP contribution in [0, 0.1) is 0 Å². The van der Waals surface area contributed by atoms with Gasteiger partial charge in [-0.25, -0.2) is 0 Å². The van der Waals surface area contributed by atoms with Crippen LogP contribution in [0.3, 0.4) is 0 Å². The zero-order valence-electron chi connectivity index (χ0n) is 11.8. The van der Waals surface area contributed by atoms with Crippen molar-refractivity contribution in [1.82, 2.24) is 5.32 Å². The minimum Gasteiger partial charge on any atom is -0.370 e. The van der Waals surface area contributed by atoms with Crippen molar-refractivity contribution in [1.29, 1.82) is 0 Å². The second-order valence-corrected chi connectivity index (χ2v) is 4.69. The van der Waals surface area contributed by atoms with Crippen LogP contribution in [0.1, 0.15) is 37.4 Å². The number of nitrogens with one attached hydrogen (secondary N) is 1. The number of carbonyl (C=O) groups is 1. The van der Waals surface area contributed by atoms with Gasteiger partial charge in [0.2, 0.25) is 5.91 Å². The maximum Gasteiger partial charge on any atom is 0.243 e. The van der Waals surface area contributed by atoms with Crippen LogP contribution >= 0.6 is 0 Å². The van der Waals surface area contributed by atoms with Crippen molar-refractivity contribution in [3.05, 3.63) is 35.4 Å². The van der Waals surface area contributed by atoms with Gasteiger partial charge >= 0.3 is 0 Å². The van der Waals surface area contributed by atoms with Crippen molar-refractivity contribution in [3.63, 3.8) is 0 Å². The summed E-state index contributed by atoms with van der Waals surface area (Å²) in [6.45, 7) is 5.47. The van der Waals surface area contributed by atoms with E-state index >= 15 is 0 Å². The lowest BCUT2D eigenvalue weighted by molar-refractivity contribution is -0.122. The predicted octanol–water partition coefficient (Wildman–Crippen LogP) is 1.79. The minimum absolute atomic E-state index is 0.0121. The highest BCUT2D eigenvalue weighted by molar-refractivity contribution is 5.74. The Morgan fingerprint density at radius 2 is 2.05 bits per heavy atom. The molecule has 0 bridgehead atoms. The Balaban J connectivity index is 2.28. The van der Waals surface area contributed by atoms with E-state index in [1.54, 1.807) is 0 Å². The monoisotopic (exact) mass is 264 g/mol. The number of carbonyl (C=O) groups excluding carboxylic acids is 1. The summed E-state index contributed by atoms with van der Waals surface area (Å²) in [7, 11) is 0. The molecule has 0 aliphatic rings. The highest BCUT2D eigenvalue weighted by Crippen LogP contribution is 2.13. The number of primary amides is 1. The van der Waals surface area contributed by atoms with Crippen molar-refractivity contribution >= 4 is 5.91 Å². The summed E-state index contributed by atoms with van der Waals surface area (Å²) < 4.78 is 5.10. The third kappa shape index (κ3) is 6.36. The largest absolute Gasteiger partial charge is 0.370 e. The summed E-state index contributed by atoms with van der Waals surface area (Å²) in [4.78, 5) is 10.5. The van der Waals surface area contributed by atoms with Gasteiger partial charge in [0, 0.05) is 12.6 Å². The van der Waals surface area contributed by atoms with Crippen LogP contribution in [0.5, 0.6) is 0 Å².